The van der Waals surface area contributed by atoms with Gasteiger partial charge in [0.1, 0.15) is 5.25 Å². The number of benzene rings is 2. The third kappa shape index (κ3) is 4.62. The van der Waals surface area contributed by atoms with Crippen LogP contribution < -0.4 is 0 Å². The van der Waals surface area contributed by atoms with Gasteiger partial charge in [-0.2, -0.15) is 0 Å². The normalized spacial score (nSPS) is 12.0. The van der Waals surface area contributed by atoms with Gasteiger partial charge < -0.3 is 9.32 Å². The lowest BCUT2D eigenvalue weighted by atomic mass is 10.1. The predicted molar refractivity (Wildman–Crippen MR) is 112 cm³/mol. The number of rotatable bonds is 7. The minimum absolute atomic E-state index is 0.0485. The summed E-state index contributed by atoms with van der Waals surface area (Å²) in [5, 5.41) is 8.35. The second-order valence-electron chi connectivity index (χ2n) is 6.67. The highest BCUT2D eigenvalue weighted by Gasteiger charge is 2.28. The van der Waals surface area contributed by atoms with E-state index in [0.717, 1.165) is 22.3 Å². The zero-order chi connectivity index (χ0) is 20.1. The number of nitrogens with zero attached hydrogens (tertiary/aromatic N) is 3. The van der Waals surface area contributed by atoms with E-state index < -0.39 is 5.25 Å². The number of carbonyl (C=O) groups excluding carboxylic acids is 1. The van der Waals surface area contributed by atoms with Gasteiger partial charge >= 0.3 is 0 Å². The van der Waals surface area contributed by atoms with Crippen LogP contribution in [0.2, 0.25) is 0 Å². The standard InChI is InChI=1S/C22H25N3O2S/c1-5-25(6-2)21(26)19(17-10-8-7-9-11-17)28-22-24-23-20(27-22)18-13-15(3)12-16(4)14-18/h7-14,19H,5-6H2,1-4H3/t19-/m1/s1. The van der Waals surface area contributed by atoms with Crippen LogP contribution in [0.15, 0.2) is 58.2 Å². The topological polar surface area (TPSA) is 59.2 Å². The predicted octanol–water partition coefficient (Wildman–Crippen LogP) is 5.06. The van der Waals surface area contributed by atoms with Crippen LogP contribution in [-0.2, 0) is 4.79 Å². The minimum Gasteiger partial charge on any atom is -0.411 e. The van der Waals surface area contributed by atoms with E-state index in [0.29, 0.717) is 24.2 Å². The fraction of sp³-hybridized carbons (Fsp3) is 0.318. The van der Waals surface area contributed by atoms with Crippen LogP contribution in [0.4, 0.5) is 0 Å². The van der Waals surface area contributed by atoms with Crippen LogP contribution in [0.5, 0.6) is 0 Å². The van der Waals surface area contributed by atoms with Gasteiger partial charge in [0.05, 0.1) is 0 Å². The Morgan fingerprint density at radius 2 is 1.68 bits per heavy atom. The molecule has 2 aromatic carbocycles. The molecule has 0 aliphatic heterocycles. The molecule has 3 aromatic rings. The van der Waals surface area contributed by atoms with Crippen molar-refractivity contribution in [2.75, 3.05) is 13.1 Å². The van der Waals surface area contributed by atoms with Crippen molar-refractivity contribution in [3.63, 3.8) is 0 Å². The molecule has 3 rings (SSSR count). The summed E-state index contributed by atoms with van der Waals surface area (Å²) in [5.74, 6) is 0.517. The van der Waals surface area contributed by atoms with Crippen molar-refractivity contribution in [2.24, 2.45) is 0 Å². The molecule has 0 aliphatic carbocycles. The van der Waals surface area contributed by atoms with E-state index in [2.05, 4.69) is 16.3 Å². The van der Waals surface area contributed by atoms with Crippen molar-refractivity contribution < 1.29 is 9.21 Å². The molecule has 0 aliphatic rings. The first-order valence-electron chi connectivity index (χ1n) is 9.44. The quantitative estimate of drug-likeness (QED) is 0.524. The van der Waals surface area contributed by atoms with E-state index in [1.807, 2.05) is 75.1 Å². The van der Waals surface area contributed by atoms with Gasteiger partial charge in [0.2, 0.25) is 11.8 Å². The van der Waals surface area contributed by atoms with Crippen LogP contribution in [-0.4, -0.2) is 34.1 Å². The third-order valence-corrected chi connectivity index (χ3v) is 5.57. The lowest BCUT2D eigenvalue weighted by Gasteiger charge is -2.24. The van der Waals surface area contributed by atoms with E-state index in [4.69, 9.17) is 4.42 Å². The van der Waals surface area contributed by atoms with E-state index in [9.17, 15) is 4.79 Å². The van der Waals surface area contributed by atoms with E-state index in [1.165, 1.54) is 11.8 Å². The molecule has 6 heteroatoms. The Bertz CT molecular complexity index is 916. The summed E-state index contributed by atoms with van der Waals surface area (Å²) in [6.45, 7) is 9.37. The number of likely N-dealkylation sites (N-methyl/N-ethyl adjacent to an activating group) is 1. The first-order valence-corrected chi connectivity index (χ1v) is 10.3. The molecule has 28 heavy (non-hydrogen) atoms. The van der Waals surface area contributed by atoms with Crippen LogP contribution in [0.25, 0.3) is 11.5 Å². The van der Waals surface area contributed by atoms with Gasteiger partial charge in [0.15, 0.2) is 0 Å². The summed E-state index contributed by atoms with van der Waals surface area (Å²) in [6.07, 6.45) is 0. The van der Waals surface area contributed by atoms with Crippen molar-refractivity contribution in [3.05, 3.63) is 65.2 Å². The maximum atomic E-state index is 13.1. The summed E-state index contributed by atoms with van der Waals surface area (Å²) >= 11 is 1.30. The summed E-state index contributed by atoms with van der Waals surface area (Å²) in [5.41, 5.74) is 4.10. The Hall–Kier alpha value is -2.60. The average Bonchev–Trinajstić information content (AvgIpc) is 3.16. The summed E-state index contributed by atoms with van der Waals surface area (Å²) < 4.78 is 5.90. The number of aromatic nitrogens is 2. The van der Waals surface area contributed by atoms with Crippen LogP contribution in [0, 0.1) is 13.8 Å². The molecule has 0 radical (unpaired) electrons. The molecule has 1 amide bonds. The molecule has 5 nitrogen and oxygen atoms in total. The first kappa shape index (κ1) is 20.1. The highest BCUT2D eigenvalue weighted by atomic mass is 32.2. The SMILES string of the molecule is CCN(CC)C(=O)[C@H](Sc1nnc(-c2cc(C)cc(C)c2)o1)c1ccccc1. The number of amides is 1. The molecule has 1 heterocycles. The van der Waals surface area contributed by atoms with Crippen molar-refractivity contribution in [1.82, 2.24) is 15.1 Å². The molecule has 0 saturated heterocycles. The van der Waals surface area contributed by atoms with Gasteiger partial charge in [-0.1, -0.05) is 47.5 Å². The third-order valence-electron chi connectivity index (χ3n) is 4.50. The highest BCUT2D eigenvalue weighted by molar-refractivity contribution is 8.00. The van der Waals surface area contributed by atoms with Crippen molar-refractivity contribution >= 4 is 17.7 Å². The Kier molecular flexibility index (Phi) is 6.52. The molecule has 1 atom stereocenters. The highest BCUT2D eigenvalue weighted by Crippen LogP contribution is 2.37. The smallest absolute Gasteiger partial charge is 0.277 e. The average molecular weight is 396 g/mol. The second-order valence-corrected chi connectivity index (χ2v) is 7.72. The molecular weight excluding hydrogens is 370 g/mol. The Labute approximate surface area is 170 Å². The second kappa shape index (κ2) is 9.06. The fourth-order valence-electron chi connectivity index (χ4n) is 3.16. The van der Waals surface area contributed by atoms with Gasteiger partial charge in [0.25, 0.3) is 5.22 Å². The van der Waals surface area contributed by atoms with E-state index in [1.54, 1.807) is 0 Å². The van der Waals surface area contributed by atoms with E-state index >= 15 is 0 Å². The van der Waals surface area contributed by atoms with Gasteiger partial charge in [-0.15, -0.1) is 10.2 Å². The molecule has 0 spiro atoms. The zero-order valence-corrected chi connectivity index (χ0v) is 17.5. The number of hydrogen-bond donors (Lipinski definition) is 0. The number of thioether (sulfide) groups is 1. The van der Waals surface area contributed by atoms with Crippen molar-refractivity contribution in [3.8, 4) is 11.5 Å². The van der Waals surface area contributed by atoms with Crippen molar-refractivity contribution in [1.29, 1.82) is 0 Å². The maximum absolute atomic E-state index is 13.1. The van der Waals surface area contributed by atoms with Crippen LogP contribution >= 0.6 is 11.8 Å². The number of hydrogen-bond acceptors (Lipinski definition) is 5. The Morgan fingerprint density at radius 1 is 1.04 bits per heavy atom. The minimum atomic E-state index is -0.423. The molecule has 1 aromatic heterocycles. The molecular formula is C22H25N3O2S. The fourth-order valence-corrected chi connectivity index (χ4v) is 4.12. The Morgan fingerprint density at radius 3 is 2.29 bits per heavy atom. The van der Waals surface area contributed by atoms with Gasteiger partial charge in [-0.25, -0.2) is 0 Å². The molecule has 0 fully saturated rings. The Balaban J connectivity index is 1.89. The monoisotopic (exact) mass is 395 g/mol. The van der Waals surface area contributed by atoms with Crippen LogP contribution in [0.3, 0.4) is 0 Å². The van der Waals surface area contributed by atoms with Gasteiger partial charge in [0, 0.05) is 18.7 Å². The zero-order valence-electron chi connectivity index (χ0n) is 16.7. The van der Waals surface area contributed by atoms with Crippen LogP contribution in [0.1, 0.15) is 35.8 Å². The molecule has 0 saturated carbocycles. The first-order chi connectivity index (χ1) is 13.5. The number of carbonyl (C=O) groups is 1. The summed E-state index contributed by atoms with van der Waals surface area (Å²) in [4.78, 5) is 14.9. The molecule has 0 bridgehead atoms. The summed E-state index contributed by atoms with van der Waals surface area (Å²) in [6, 6.07) is 15.9. The summed E-state index contributed by atoms with van der Waals surface area (Å²) in [7, 11) is 0. The van der Waals surface area contributed by atoms with E-state index in [-0.39, 0.29) is 5.91 Å². The lowest BCUT2D eigenvalue weighted by Crippen LogP contribution is -2.33. The molecule has 146 valence electrons. The lowest BCUT2D eigenvalue weighted by molar-refractivity contribution is -0.130. The molecule has 0 unspecified atom stereocenters. The van der Waals surface area contributed by atoms with Crippen molar-refractivity contribution in [2.45, 2.75) is 38.2 Å². The molecule has 0 N–H and O–H groups in total. The van der Waals surface area contributed by atoms with Gasteiger partial charge in [-0.05, 0) is 57.2 Å². The van der Waals surface area contributed by atoms with Gasteiger partial charge in [-0.3, -0.25) is 4.79 Å². The maximum Gasteiger partial charge on any atom is 0.277 e. The largest absolute Gasteiger partial charge is 0.411 e. The number of aryl methyl sites for hydroxylation is 2.